The molecule has 0 aromatic heterocycles. The van der Waals surface area contributed by atoms with E-state index >= 15 is 0 Å². The fraction of sp³-hybridized carbons (Fsp3) is 0.474. The standard InChI is InChI=1S/C19H24N2O5/c1-13(22)16-6-3-9-21(16)18(24)12-15-5-2-4-14(10-15)11-17(23)20-8-7-19(25)26/h2,4-5,10,16H,3,6-9,11-12H2,1H3,(H,20,23)(H,25,26)/t16-/m0/s1. The van der Waals surface area contributed by atoms with Crippen LogP contribution in [0.1, 0.15) is 37.3 Å². The highest BCUT2D eigenvalue weighted by molar-refractivity contribution is 5.89. The van der Waals surface area contributed by atoms with Gasteiger partial charge < -0.3 is 15.3 Å². The quantitative estimate of drug-likeness (QED) is 0.718. The predicted octanol–water partition coefficient (Wildman–Crippen LogP) is 0.943. The highest BCUT2D eigenvalue weighted by Gasteiger charge is 2.31. The van der Waals surface area contributed by atoms with E-state index in [1.807, 2.05) is 6.07 Å². The third kappa shape index (κ3) is 5.68. The highest BCUT2D eigenvalue weighted by Crippen LogP contribution is 2.19. The predicted molar refractivity (Wildman–Crippen MR) is 94.5 cm³/mol. The Hall–Kier alpha value is -2.70. The van der Waals surface area contributed by atoms with Crippen molar-refractivity contribution in [3.05, 3.63) is 35.4 Å². The van der Waals surface area contributed by atoms with Gasteiger partial charge >= 0.3 is 5.97 Å². The van der Waals surface area contributed by atoms with Crippen molar-refractivity contribution in [1.29, 1.82) is 0 Å². The summed E-state index contributed by atoms with van der Waals surface area (Å²) in [4.78, 5) is 48.1. The summed E-state index contributed by atoms with van der Waals surface area (Å²) in [5, 5.41) is 11.1. The normalized spacial score (nSPS) is 16.3. The Kier molecular flexibility index (Phi) is 6.89. The van der Waals surface area contributed by atoms with Gasteiger partial charge in [-0.25, -0.2) is 0 Å². The lowest BCUT2D eigenvalue weighted by atomic mass is 10.0. The molecule has 1 aromatic carbocycles. The minimum atomic E-state index is -0.961. The Labute approximate surface area is 152 Å². The molecule has 7 nitrogen and oxygen atoms in total. The maximum Gasteiger partial charge on any atom is 0.305 e. The average molecular weight is 360 g/mol. The van der Waals surface area contributed by atoms with Gasteiger partial charge in [-0.1, -0.05) is 24.3 Å². The summed E-state index contributed by atoms with van der Waals surface area (Å²) in [6.45, 7) is 2.21. The number of carboxylic acid groups (broad SMARTS) is 1. The van der Waals surface area contributed by atoms with Gasteiger partial charge in [-0.15, -0.1) is 0 Å². The van der Waals surface area contributed by atoms with Gasteiger partial charge in [0.05, 0.1) is 25.3 Å². The molecule has 0 unspecified atom stereocenters. The van der Waals surface area contributed by atoms with E-state index in [9.17, 15) is 19.2 Å². The van der Waals surface area contributed by atoms with Gasteiger partial charge in [0, 0.05) is 13.1 Å². The van der Waals surface area contributed by atoms with Gasteiger partial charge in [-0.2, -0.15) is 0 Å². The van der Waals surface area contributed by atoms with Gasteiger partial charge in [0.1, 0.15) is 0 Å². The fourth-order valence-corrected chi connectivity index (χ4v) is 3.17. The molecule has 2 amide bonds. The second-order valence-corrected chi connectivity index (χ2v) is 6.52. The van der Waals surface area contributed by atoms with Crippen molar-refractivity contribution in [2.24, 2.45) is 0 Å². The molecule has 7 heteroatoms. The number of hydrogen-bond donors (Lipinski definition) is 2. The second-order valence-electron chi connectivity index (χ2n) is 6.52. The smallest absolute Gasteiger partial charge is 0.305 e. The van der Waals surface area contributed by atoms with Crippen LogP contribution in [0.15, 0.2) is 24.3 Å². The number of nitrogens with one attached hydrogen (secondary N) is 1. The SMILES string of the molecule is CC(=O)[C@@H]1CCCN1C(=O)Cc1cccc(CC(=O)NCCC(=O)O)c1. The Morgan fingerprint density at radius 3 is 2.54 bits per heavy atom. The molecule has 0 bridgehead atoms. The molecule has 1 aromatic rings. The van der Waals surface area contributed by atoms with Crippen LogP contribution < -0.4 is 5.32 Å². The van der Waals surface area contributed by atoms with Crippen LogP contribution in [0.25, 0.3) is 0 Å². The lowest BCUT2D eigenvalue weighted by Crippen LogP contribution is -2.40. The maximum atomic E-state index is 12.5. The van der Waals surface area contributed by atoms with E-state index < -0.39 is 5.97 Å². The molecule has 1 saturated heterocycles. The van der Waals surface area contributed by atoms with Crippen molar-refractivity contribution in [3.63, 3.8) is 0 Å². The Morgan fingerprint density at radius 2 is 1.88 bits per heavy atom. The first-order valence-corrected chi connectivity index (χ1v) is 8.73. The summed E-state index contributed by atoms with van der Waals surface area (Å²) < 4.78 is 0. The summed E-state index contributed by atoms with van der Waals surface area (Å²) in [5.74, 6) is -1.28. The number of carbonyl (C=O) groups is 4. The molecule has 0 spiro atoms. The lowest BCUT2D eigenvalue weighted by molar-refractivity contribution is -0.137. The molecule has 1 aliphatic heterocycles. The first-order chi connectivity index (χ1) is 12.4. The summed E-state index contributed by atoms with van der Waals surface area (Å²) >= 11 is 0. The van der Waals surface area contributed by atoms with Crippen LogP contribution in [-0.4, -0.2) is 52.7 Å². The summed E-state index contributed by atoms with van der Waals surface area (Å²) in [5.41, 5.74) is 1.55. The molecule has 0 saturated carbocycles. The molecule has 0 aliphatic carbocycles. The van der Waals surface area contributed by atoms with Crippen LogP contribution in [0.3, 0.4) is 0 Å². The number of hydrogen-bond acceptors (Lipinski definition) is 4. The first kappa shape index (κ1) is 19.6. The van der Waals surface area contributed by atoms with Crippen molar-refractivity contribution in [3.8, 4) is 0 Å². The Balaban J connectivity index is 1.92. The summed E-state index contributed by atoms with van der Waals surface area (Å²) in [6.07, 6.45) is 1.76. The highest BCUT2D eigenvalue weighted by atomic mass is 16.4. The van der Waals surface area contributed by atoms with Crippen LogP contribution in [0.4, 0.5) is 0 Å². The molecule has 1 fully saturated rings. The van der Waals surface area contributed by atoms with E-state index in [0.717, 1.165) is 24.0 Å². The molecule has 0 radical (unpaired) electrons. The van der Waals surface area contributed by atoms with Crippen molar-refractivity contribution < 1.29 is 24.3 Å². The van der Waals surface area contributed by atoms with Gasteiger partial charge in [-0.3, -0.25) is 19.2 Å². The first-order valence-electron chi connectivity index (χ1n) is 8.73. The number of likely N-dealkylation sites (tertiary alicyclic amines) is 1. The summed E-state index contributed by atoms with van der Waals surface area (Å²) in [7, 11) is 0. The van der Waals surface area contributed by atoms with Crippen molar-refractivity contribution in [2.45, 2.75) is 45.1 Å². The van der Waals surface area contributed by atoms with Crippen LogP contribution >= 0.6 is 0 Å². The molecular formula is C19H24N2O5. The Bertz CT molecular complexity index is 701. The number of amides is 2. The molecule has 26 heavy (non-hydrogen) atoms. The molecular weight excluding hydrogens is 336 g/mol. The molecule has 140 valence electrons. The number of nitrogens with zero attached hydrogens (tertiary/aromatic N) is 1. The second kappa shape index (κ2) is 9.12. The fourth-order valence-electron chi connectivity index (χ4n) is 3.17. The van der Waals surface area contributed by atoms with Gasteiger partial charge in [0.15, 0.2) is 5.78 Å². The average Bonchev–Trinajstić information content (AvgIpc) is 3.04. The van der Waals surface area contributed by atoms with Crippen molar-refractivity contribution in [1.82, 2.24) is 10.2 Å². The van der Waals surface area contributed by atoms with Crippen LogP contribution in [0.2, 0.25) is 0 Å². The maximum absolute atomic E-state index is 12.5. The van der Waals surface area contributed by atoms with E-state index in [1.165, 1.54) is 6.92 Å². The molecule has 1 atom stereocenters. The largest absolute Gasteiger partial charge is 0.481 e. The number of carbonyl (C=O) groups excluding carboxylic acids is 3. The number of carboxylic acids is 1. The van der Waals surface area contributed by atoms with Gasteiger partial charge in [-0.05, 0) is 30.9 Å². The minimum absolute atomic E-state index is 0.0163. The zero-order valence-corrected chi connectivity index (χ0v) is 14.9. The van der Waals surface area contributed by atoms with E-state index in [1.54, 1.807) is 23.1 Å². The molecule has 2 rings (SSSR count). The van der Waals surface area contributed by atoms with Crippen LogP contribution in [0.5, 0.6) is 0 Å². The number of ketones is 1. The van der Waals surface area contributed by atoms with Crippen LogP contribution in [0, 0.1) is 0 Å². The molecule has 1 heterocycles. The third-order valence-electron chi connectivity index (χ3n) is 4.41. The molecule has 1 aliphatic rings. The van der Waals surface area contributed by atoms with Crippen LogP contribution in [-0.2, 0) is 32.0 Å². The number of Topliss-reactive ketones (excluding diaryl/α,β-unsaturated/α-hetero) is 1. The zero-order valence-electron chi connectivity index (χ0n) is 14.9. The van der Waals surface area contributed by atoms with E-state index in [4.69, 9.17) is 5.11 Å². The minimum Gasteiger partial charge on any atom is -0.481 e. The van der Waals surface area contributed by atoms with E-state index in [0.29, 0.717) is 6.54 Å². The summed E-state index contributed by atoms with van der Waals surface area (Å²) in [6, 6.07) is 6.88. The van der Waals surface area contributed by atoms with Gasteiger partial charge in [0.2, 0.25) is 11.8 Å². The molecule has 2 N–H and O–H groups in total. The van der Waals surface area contributed by atoms with E-state index in [2.05, 4.69) is 5.32 Å². The van der Waals surface area contributed by atoms with Crippen molar-refractivity contribution >= 4 is 23.6 Å². The zero-order chi connectivity index (χ0) is 19.1. The number of benzene rings is 1. The Morgan fingerprint density at radius 1 is 1.19 bits per heavy atom. The van der Waals surface area contributed by atoms with E-state index in [-0.39, 0.29) is 49.4 Å². The monoisotopic (exact) mass is 360 g/mol. The lowest BCUT2D eigenvalue weighted by Gasteiger charge is -2.22. The number of aliphatic carboxylic acids is 1. The topological polar surface area (TPSA) is 104 Å². The van der Waals surface area contributed by atoms with Gasteiger partial charge in [0.25, 0.3) is 0 Å². The third-order valence-corrected chi connectivity index (χ3v) is 4.41. The van der Waals surface area contributed by atoms with Crippen molar-refractivity contribution in [2.75, 3.05) is 13.1 Å². The number of rotatable bonds is 8.